The van der Waals surface area contributed by atoms with E-state index in [1.165, 1.54) is 7.05 Å². The molecule has 4 heterocycles. The number of hydrogen-bond donors (Lipinski definition) is 1. The number of rotatable bonds is 8. The van der Waals surface area contributed by atoms with E-state index in [-0.39, 0.29) is 17.5 Å². The maximum atomic E-state index is 11.8. The van der Waals surface area contributed by atoms with Crippen LogP contribution in [0.4, 0.5) is 5.82 Å². The highest BCUT2D eigenvalue weighted by Gasteiger charge is 2.37. The van der Waals surface area contributed by atoms with E-state index in [0.717, 1.165) is 50.4 Å². The molecule has 3 aromatic rings. The van der Waals surface area contributed by atoms with Gasteiger partial charge in [-0.2, -0.15) is 10.4 Å². The number of aromatic nitrogens is 4. The Morgan fingerprint density at radius 2 is 2.03 bits per heavy atom. The summed E-state index contributed by atoms with van der Waals surface area (Å²) in [5, 5.41) is 15.2. The molecule has 0 saturated carbocycles. The molecule has 0 aliphatic carbocycles. The molecule has 0 amide bonds. The van der Waals surface area contributed by atoms with Crippen molar-refractivity contribution in [2.75, 3.05) is 50.4 Å². The largest absolute Gasteiger partial charge is 0.355 e. The Kier molecular flexibility index (Phi) is 7.80. The SMILES string of the molecule is CNS(=O)(=O)CCN1CCC[C@H](C2CN(c3cnc4c(C#N)nn([C@H](C)c5ccc(Cl)cc5Cl)c4n3)C2)C1. The number of hydrogen-bond acceptors (Lipinski definition) is 8. The lowest BCUT2D eigenvalue weighted by atomic mass is 9.80. The second kappa shape index (κ2) is 10.9. The number of piperidine rings is 1. The first kappa shape index (κ1) is 27.1. The van der Waals surface area contributed by atoms with Crippen LogP contribution in [0, 0.1) is 23.2 Å². The van der Waals surface area contributed by atoms with Crippen LogP contribution in [0.25, 0.3) is 11.2 Å². The van der Waals surface area contributed by atoms with Gasteiger partial charge in [0.2, 0.25) is 10.0 Å². The molecule has 1 aromatic carbocycles. The second-order valence-corrected chi connectivity index (χ2v) is 12.9. The lowest BCUT2D eigenvalue weighted by Crippen LogP contribution is -2.54. The molecule has 5 rings (SSSR count). The number of anilines is 1. The van der Waals surface area contributed by atoms with Gasteiger partial charge in [-0.25, -0.2) is 27.8 Å². The molecule has 202 valence electrons. The van der Waals surface area contributed by atoms with Crippen LogP contribution < -0.4 is 9.62 Å². The number of sulfonamides is 1. The number of nitrogens with zero attached hydrogens (tertiary/aromatic N) is 7. The summed E-state index contributed by atoms with van der Waals surface area (Å²) in [6, 6.07) is 7.17. The second-order valence-electron chi connectivity index (χ2n) is 10.0. The number of halogens is 2. The van der Waals surface area contributed by atoms with E-state index in [2.05, 4.69) is 30.7 Å². The van der Waals surface area contributed by atoms with E-state index in [4.69, 9.17) is 28.2 Å². The van der Waals surface area contributed by atoms with E-state index in [0.29, 0.717) is 39.6 Å². The quantitative estimate of drug-likeness (QED) is 0.433. The van der Waals surface area contributed by atoms with Crippen LogP contribution in [0.5, 0.6) is 0 Å². The summed E-state index contributed by atoms with van der Waals surface area (Å²) in [6.07, 6.45) is 3.94. The Balaban J connectivity index is 1.30. The van der Waals surface area contributed by atoms with Crippen molar-refractivity contribution in [3.63, 3.8) is 0 Å². The molecule has 2 aliphatic rings. The van der Waals surface area contributed by atoms with Gasteiger partial charge >= 0.3 is 0 Å². The molecule has 1 N–H and O–H groups in total. The fourth-order valence-corrected chi connectivity index (χ4v) is 6.67. The smallest absolute Gasteiger partial charge is 0.212 e. The molecular formula is C25H30Cl2N8O2S. The summed E-state index contributed by atoms with van der Waals surface area (Å²) < 4.78 is 27.7. The van der Waals surface area contributed by atoms with Crippen molar-refractivity contribution in [2.45, 2.75) is 25.8 Å². The van der Waals surface area contributed by atoms with Crippen molar-refractivity contribution < 1.29 is 8.42 Å². The molecule has 38 heavy (non-hydrogen) atoms. The third-order valence-corrected chi connectivity index (χ3v) is 9.61. The minimum Gasteiger partial charge on any atom is -0.355 e. The van der Waals surface area contributed by atoms with E-state index in [1.807, 2.05) is 13.0 Å². The van der Waals surface area contributed by atoms with Crippen LogP contribution in [-0.2, 0) is 10.0 Å². The van der Waals surface area contributed by atoms with Crippen molar-refractivity contribution in [2.24, 2.45) is 11.8 Å². The highest BCUT2D eigenvalue weighted by atomic mass is 35.5. The van der Waals surface area contributed by atoms with Crippen molar-refractivity contribution in [1.29, 1.82) is 5.26 Å². The summed E-state index contributed by atoms with van der Waals surface area (Å²) in [5.74, 6) is 1.92. The van der Waals surface area contributed by atoms with Gasteiger partial charge in [0.1, 0.15) is 17.4 Å². The molecule has 2 aromatic heterocycles. The first-order chi connectivity index (χ1) is 18.2. The number of nitriles is 1. The predicted octanol–water partition coefficient (Wildman–Crippen LogP) is 3.31. The first-order valence-corrected chi connectivity index (χ1v) is 15.1. The lowest BCUT2D eigenvalue weighted by molar-refractivity contribution is 0.125. The van der Waals surface area contributed by atoms with E-state index in [9.17, 15) is 13.7 Å². The molecule has 2 aliphatic heterocycles. The Morgan fingerprint density at radius 1 is 1.24 bits per heavy atom. The van der Waals surface area contributed by atoms with Crippen LogP contribution in [0.15, 0.2) is 24.4 Å². The van der Waals surface area contributed by atoms with Gasteiger partial charge in [0.05, 0.1) is 18.0 Å². The van der Waals surface area contributed by atoms with Gasteiger partial charge in [0.15, 0.2) is 11.3 Å². The zero-order chi connectivity index (χ0) is 27.0. The third-order valence-electron chi connectivity index (χ3n) is 7.71. The normalized spacial score (nSPS) is 19.9. The summed E-state index contributed by atoms with van der Waals surface area (Å²) in [5.41, 5.74) is 2.05. The van der Waals surface area contributed by atoms with Gasteiger partial charge in [0.25, 0.3) is 0 Å². The fourth-order valence-electron chi connectivity index (χ4n) is 5.40. The lowest BCUT2D eigenvalue weighted by Gasteiger charge is -2.47. The summed E-state index contributed by atoms with van der Waals surface area (Å²) in [7, 11) is -1.74. The maximum Gasteiger partial charge on any atom is 0.212 e. The highest BCUT2D eigenvalue weighted by molar-refractivity contribution is 7.89. The maximum absolute atomic E-state index is 11.8. The van der Waals surface area contributed by atoms with Crippen molar-refractivity contribution in [1.82, 2.24) is 29.4 Å². The molecule has 0 radical (unpaired) electrons. The van der Waals surface area contributed by atoms with Gasteiger partial charge < -0.3 is 9.80 Å². The summed E-state index contributed by atoms with van der Waals surface area (Å²) in [4.78, 5) is 13.9. The van der Waals surface area contributed by atoms with Crippen molar-refractivity contribution in [3.8, 4) is 6.07 Å². The van der Waals surface area contributed by atoms with E-state index >= 15 is 0 Å². The average molecular weight is 578 g/mol. The van der Waals surface area contributed by atoms with Crippen molar-refractivity contribution >= 4 is 50.2 Å². The Labute approximate surface area is 232 Å². The number of fused-ring (bicyclic) bond motifs is 1. The van der Waals surface area contributed by atoms with Crippen LogP contribution in [0.2, 0.25) is 10.0 Å². The molecule has 2 saturated heterocycles. The van der Waals surface area contributed by atoms with Crippen LogP contribution in [-0.4, -0.2) is 78.6 Å². The summed E-state index contributed by atoms with van der Waals surface area (Å²) in [6.45, 7) is 6.10. The third kappa shape index (κ3) is 5.46. The fraction of sp³-hybridized carbons (Fsp3) is 0.520. The zero-order valence-electron chi connectivity index (χ0n) is 21.3. The number of nitrogens with one attached hydrogen (secondary N) is 1. The van der Waals surface area contributed by atoms with Gasteiger partial charge in [-0.05, 0) is 62.9 Å². The van der Waals surface area contributed by atoms with Crippen LogP contribution >= 0.6 is 23.2 Å². The van der Waals surface area contributed by atoms with Crippen LogP contribution in [0.3, 0.4) is 0 Å². The molecule has 2 atom stereocenters. The standard InChI is InChI=1S/C25H30Cl2N8O2S/c1-16(20-6-5-19(26)10-21(20)27)35-25-24(22(11-28)32-35)30-12-23(31-25)34-14-18(15-34)17-4-3-7-33(13-17)8-9-38(36,37)29-2/h5-6,10,12,16-18,29H,3-4,7-9,13-15H2,1-2H3/t16-,17+/m1/s1. The summed E-state index contributed by atoms with van der Waals surface area (Å²) >= 11 is 12.5. The topological polar surface area (TPSA) is 120 Å². The zero-order valence-corrected chi connectivity index (χ0v) is 23.6. The van der Waals surface area contributed by atoms with Crippen molar-refractivity contribution in [3.05, 3.63) is 45.7 Å². The molecule has 0 unspecified atom stereocenters. The first-order valence-electron chi connectivity index (χ1n) is 12.7. The molecule has 10 nitrogen and oxygen atoms in total. The highest BCUT2D eigenvalue weighted by Crippen LogP contribution is 2.35. The van der Waals surface area contributed by atoms with Crippen LogP contribution in [0.1, 0.15) is 37.1 Å². The monoisotopic (exact) mass is 576 g/mol. The van der Waals surface area contributed by atoms with E-state index in [1.54, 1.807) is 23.0 Å². The molecule has 13 heteroatoms. The van der Waals surface area contributed by atoms with Gasteiger partial charge in [0, 0.05) is 36.2 Å². The number of benzene rings is 1. The molecular weight excluding hydrogens is 547 g/mol. The predicted molar refractivity (Wildman–Crippen MR) is 148 cm³/mol. The Morgan fingerprint density at radius 3 is 2.74 bits per heavy atom. The average Bonchev–Trinajstić information content (AvgIpc) is 3.25. The minimum absolute atomic E-state index is 0.126. The Hall–Kier alpha value is -2.49. The molecule has 2 fully saturated rings. The van der Waals surface area contributed by atoms with E-state index < -0.39 is 10.0 Å². The van der Waals surface area contributed by atoms with Gasteiger partial charge in [-0.1, -0.05) is 29.3 Å². The van der Waals surface area contributed by atoms with Gasteiger partial charge in [-0.15, -0.1) is 0 Å². The molecule has 0 spiro atoms. The Bertz CT molecular complexity index is 1480. The number of likely N-dealkylation sites (tertiary alicyclic amines) is 1. The minimum atomic E-state index is -3.20. The molecule has 0 bridgehead atoms. The van der Waals surface area contributed by atoms with Gasteiger partial charge in [-0.3, -0.25) is 0 Å².